The van der Waals surface area contributed by atoms with Gasteiger partial charge in [0.25, 0.3) is 0 Å². The zero-order chi connectivity index (χ0) is 20.1. The van der Waals surface area contributed by atoms with E-state index in [2.05, 4.69) is 20.1 Å². The maximum atomic E-state index is 14.0. The van der Waals surface area contributed by atoms with Crippen LogP contribution in [0.1, 0.15) is 18.4 Å². The second kappa shape index (κ2) is 10.6. The van der Waals surface area contributed by atoms with Crippen molar-refractivity contribution in [1.29, 1.82) is 0 Å². The molecule has 0 aliphatic carbocycles. The highest BCUT2D eigenvalue weighted by Gasteiger charge is 2.22. The molecule has 0 saturated carbocycles. The summed E-state index contributed by atoms with van der Waals surface area (Å²) in [6.45, 7) is 5.43. The van der Waals surface area contributed by atoms with Crippen molar-refractivity contribution >= 4 is 35.6 Å². The molecule has 2 N–H and O–H groups in total. The molecule has 29 heavy (non-hydrogen) atoms. The zero-order valence-electron chi connectivity index (χ0n) is 16.6. The summed E-state index contributed by atoms with van der Waals surface area (Å²) >= 11 is 0. The minimum atomic E-state index is -0.570. The van der Waals surface area contributed by atoms with Crippen molar-refractivity contribution in [1.82, 2.24) is 10.2 Å². The van der Waals surface area contributed by atoms with Gasteiger partial charge >= 0.3 is 0 Å². The Morgan fingerprint density at radius 3 is 2.45 bits per heavy atom. The highest BCUT2D eigenvalue weighted by atomic mass is 127. The van der Waals surface area contributed by atoms with Crippen LogP contribution in [0.3, 0.4) is 0 Å². The summed E-state index contributed by atoms with van der Waals surface area (Å²) in [6, 6.07) is 11.0. The van der Waals surface area contributed by atoms with Gasteiger partial charge in [0.2, 0.25) is 0 Å². The van der Waals surface area contributed by atoms with Gasteiger partial charge in [0.1, 0.15) is 17.4 Å². The highest BCUT2D eigenvalue weighted by Crippen LogP contribution is 2.27. The number of nitrogens with zero attached hydrogens (tertiary/aromatic N) is 3. The number of benzene rings is 2. The van der Waals surface area contributed by atoms with E-state index < -0.39 is 11.6 Å². The summed E-state index contributed by atoms with van der Waals surface area (Å²) in [4.78, 5) is 8.63. The second-order valence-corrected chi connectivity index (χ2v) is 6.96. The van der Waals surface area contributed by atoms with Crippen LogP contribution in [-0.2, 0) is 0 Å². The molecule has 5 nitrogen and oxygen atoms in total. The van der Waals surface area contributed by atoms with E-state index in [0.29, 0.717) is 12.1 Å². The quantitative estimate of drug-likeness (QED) is 0.369. The summed E-state index contributed by atoms with van der Waals surface area (Å²) in [6.07, 6.45) is 0. The first-order chi connectivity index (χ1) is 13.5. The van der Waals surface area contributed by atoms with Gasteiger partial charge in [-0.2, -0.15) is 0 Å². The maximum absolute atomic E-state index is 14.0. The van der Waals surface area contributed by atoms with Crippen LogP contribution < -0.4 is 10.2 Å². The summed E-state index contributed by atoms with van der Waals surface area (Å²) in [5, 5.41) is 13.3. The Morgan fingerprint density at radius 2 is 1.83 bits per heavy atom. The van der Waals surface area contributed by atoms with E-state index in [0.717, 1.165) is 43.9 Å². The zero-order valence-corrected chi connectivity index (χ0v) is 18.9. The van der Waals surface area contributed by atoms with Gasteiger partial charge in [-0.05, 0) is 23.8 Å². The van der Waals surface area contributed by atoms with Gasteiger partial charge < -0.3 is 20.2 Å². The number of phenols is 1. The van der Waals surface area contributed by atoms with Crippen molar-refractivity contribution in [3.05, 3.63) is 59.7 Å². The van der Waals surface area contributed by atoms with Crippen molar-refractivity contribution in [2.75, 3.05) is 44.7 Å². The molecule has 8 heteroatoms. The topological polar surface area (TPSA) is 51.1 Å². The predicted molar refractivity (Wildman–Crippen MR) is 123 cm³/mol. The SMILES string of the molecule is CN=C(NCC(C)c1ccc(F)cc1F)N1CCN(c2ccccc2O)CC1.I. The lowest BCUT2D eigenvalue weighted by Gasteiger charge is -2.38. The van der Waals surface area contributed by atoms with Gasteiger partial charge in [0.05, 0.1) is 5.69 Å². The first kappa shape index (κ1) is 23.2. The monoisotopic (exact) mass is 516 g/mol. The Kier molecular flexibility index (Phi) is 8.48. The third-order valence-electron chi connectivity index (χ3n) is 5.07. The molecule has 1 aliphatic rings. The molecule has 3 rings (SSSR count). The highest BCUT2D eigenvalue weighted by molar-refractivity contribution is 14.0. The third kappa shape index (κ3) is 5.71. The van der Waals surface area contributed by atoms with Crippen molar-refractivity contribution in [3.8, 4) is 5.75 Å². The minimum absolute atomic E-state index is 0. The molecule has 1 aliphatic heterocycles. The summed E-state index contributed by atoms with van der Waals surface area (Å²) in [5.41, 5.74) is 1.32. The van der Waals surface area contributed by atoms with E-state index in [4.69, 9.17) is 0 Å². The molecule has 1 fully saturated rings. The average Bonchev–Trinajstić information content (AvgIpc) is 2.69. The van der Waals surface area contributed by atoms with Crippen LogP contribution in [0, 0.1) is 11.6 Å². The van der Waals surface area contributed by atoms with Crippen LogP contribution in [0.2, 0.25) is 0 Å². The number of guanidine groups is 1. The number of nitrogens with one attached hydrogen (secondary N) is 1. The van der Waals surface area contributed by atoms with Gasteiger partial charge in [-0.15, -0.1) is 24.0 Å². The first-order valence-electron chi connectivity index (χ1n) is 9.43. The molecule has 0 radical (unpaired) electrons. The van der Waals surface area contributed by atoms with E-state index in [9.17, 15) is 13.9 Å². The third-order valence-corrected chi connectivity index (χ3v) is 5.07. The van der Waals surface area contributed by atoms with E-state index in [1.165, 1.54) is 12.1 Å². The van der Waals surface area contributed by atoms with Gasteiger partial charge in [0, 0.05) is 51.8 Å². The molecular formula is C21H27F2IN4O. The van der Waals surface area contributed by atoms with E-state index in [1.54, 1.807) is 13.1 Å². The molecule has 0 amide bonds. The van der Waals surface area contributed by atoms with Crippen LogP contribution >= 0.6 is 24.0 Å². The number of aliphatic imine (C=N–C) groups is 1. The number of anilines is 1. The first-order valence-corrected chi connectivity index (χ1v) is 9.43. The van der Waals surface area contributed by atoms with E-state index in [1.807, 2.05) is 25.1 Å². The van der Waals surface area contributed by atoms with Gasteiger partial charge in [-0.1, -0.05) is 25.1 Å². The van der Waals surface area contributed by atoms with Crippen LogP contribution in [0.4, 0.5) is 14.5 Å². The smallest absolute Gasteiger partial charge is 0.193 e. The lowest BCUT2D eigenvalue weighted by Crippen LogP contribution is -2.53. The molecule has 1 unspecified atom stereocenters. The number of aromatic hydroxyl groups is 1. The van der Waals surface area contributed by atoms with Gasteiger partial charge in [-0.25, -0.2) is 8.78 Å². The number of phenolic OH excluding ortho intramolecular Hbond substituents is 1. The number of para-hydroxylation sites is 2. The van der Waals surface area contributed by atoms with Crippen molar-refractivity contribution in [3.63, 3.8) is 0 Å². The molecule has 0 aromatic heterocycles. The fraction of sp³-hybridized carbons (Fsp3) is 0.381. The number of halogens is 3. The van der Waals surface area contributed by atoms with Gasteiger partial charge in [0.15, 0.2) is 5.96 Å². The number of piperazine rings is 1. The molecule has 158 valence electrons. The fourth-order valence-electron chi connectivity index (χ4n) is 3.48. The van der Waals surface area contributed by atoms with Crippen LogP contribution in [0.5, 0.6) is 5.75 Å². The summed E-state index contributed by atoms with van der Waals surface area (Å²) in [5.74, 6) is -0.181. The van der Waals surface area contributed by atoms with Crippen molar-refractivity contribution in [2.24, 2.45) is 4.99 Å². The minimum Gasteiger partial charge on any atom is -0.506 e. The molecule has 1 saturated heterocycles. The molecule has 2 aromatic rings. The molecule has 1 heterocycles. The Hall–Kier alpha value is -2.10. The predicted octanol–water partition coefficient (Wildman–Crippen LogP) is 3.79. The van der Waals surface area contributed by atoms with Crippen molar-refractivity contribution < 1.29 is 13.9 Å². The molecule has 0 bridgehead atoms. The van der Waals surface area contributed by atoms with Crippen LogP contribution in [0.25, 0.3) is 0 Å². The van der Waals surface area contributed by atoms with E-state index in [-0.39, 0.29) is 35.6 Å². The van der Waals surface area contributed by atoms with Gasteiger partial charge in [-0.3, -0.25) is 4.99 Å². The lowest BCUT2D eigenvalue weighted by molar-refractivity contribution is 0.369. The Labute approximate surface area is 187 Å². The lowest BCUT2D eigenvalue weighted by atomic mass is 10.0. The Balaban J connectivity index is 0.00000300. The number of hydrogen-bond acceptors (Lipinski definition) is 3. The Bertz CT molecular complexity index is 841. The molecule has 0 spiro atoms. The molecular weight excluding hydrogens is 489 g/mol. The van der Waals surface area contributed by atoms with Crippen LogP contribution in [0.15, 0.2) is 47.5 Å². The number of hydrogen-bond donors (Lipinski definition) is 2. The number of rotatable bonds is 4. The maximum Gasteiger partial charge on any atom is 0.193 e. The second-order valence-electron chi connectivity index (χ2n) is 6.96. The fourth-order valence-corrected chi connectivity index (χ4v) is 3.48. The molecule has 2 aromatic carbocycles. The Morgan fingerprint density at radius 1 is 1.14 bits per heavy atom. The van der Waals surface area contributed by atoms with E-state index >= 15 is 0 Å². The summed E-state index contributed by atoms with van der Waals surface area (Å²) in [7, 11) is 1.72. The summed E-state index contributed by atoms with van der Waals surface area (Å²) < 4.78 is 27.1. The average molecular weight is 516 g/mol. The van der Waals surface area contributed by atoms with Crippen molar-refractivity contribution in [2.45, 2.75) is 12.8 Å². The molecule has 1 atom stereocenters. The van der Waals surface area contributed by atoms with Crippen LogP contribution in [-0.4, -0.2) is 55.7 Å². The normalized spacial score (nSPS) is 15.7. The largest absolute Gasteiger partial charge is 0.506 e. The standard InChI is InChI=1S/C21H26F2N4O.HI/c1-15(17-8-7-16(22)13-18(17)23)14-25-21(24-2)27-11-9-26(10-12-27)19-5-3-4-6-20(19)28;/h3-8,13,15,28H,9-12,14H2,1-2H3,(H,24,25);1H.